The minimum absolute atomic E-state index is 0.406. The molecule has 0 aromatic carbocycles. The maximum atomic E-state index is 4.12. The maximum Gasteiger partial charge on any atom is 0.0181 e. The molecule has 0 saturated carbocycles. The lowest BCUT2D eigenvalue weighted by Crippen LogP contribution is -2.47. The van der Waals surface area contributed by atoms with E-state index < -0.39 is 0 Å². The SMILES string of the molecule is CC(C)NN(S)NC(C)C. The Balaban J connectivity index is 3.34. The highest BCUT2D eigenvalue weighted by Crippen LogP contribution is 1.87. The van der Waals surface area contributed by atoms with Gasteiger partial charge >= 0.3 is 0 Å². The van der Waals surface area contributed by atoms with E-state index in [1.165, 1.54) is 0 Å². The average molecular weight is 163 g/mol. The number of thiol groups is 1. The van der Waals surface area contributed by atoms with Crippen molar-refractivity contribution in [2.45, 2.75) is 39.8 Å². The Morgan fingerprint density at radius 2 is 1.30 bits per heavy atom. The molecule has 0 aliphatic rings. The Morgan fingerprint density at radius 1 is 1.00 bits per heavy atom. The first-order chi connectivity index (χ1) is 4.52. The Kier molecular flexibility index (Phi) is 5.07. The number of hydrazine groups is 2. The summed E-state index contributed by atoms with van der Waals surface area (Å²) >= 11 is 4.12. The molecule has 0 aromatic heterocycles. The van der Waals surface area contributed by atoms with Crippen molar-refractivity contribution in [3.63, 3.8) is 0 Å². The van der Waals surface area contributed by atoms with Crippen molar-refractivity contribution in [3.8, 4) is 0 Å². The highest BCUT2D eigenvalue weighted by atomic mass is 32.1. The summed E-state index contributed by atoms with van der Waals surface area (Å²) in [6.45, 7) is 8.24. The number of hydrogen-bond donors (Lipinski definition) is 3. The van der Waals surface area contributed by atoms with Crippen molar-refractivity contribution in [1.29, 1.82) is 0 Å². The van der Waals surface area contributed by atoms with Gasteiger partial charge in [-0.05, 0) is 27.7 Å². The molecule has 10 heavy (non-hydrogen) atoms. The summed E-state index contributed by atoms with van der Waals surface area (Å²) in [6.07, 6.45) is 0. The average Bonchev–Trinajstić information content (AvgIpc) is 1.58. The van der Waals surface area contributed by atoms with Gasteiger partial charge in [-0.3, -0.25) is 0 Å². The van der Waals surface area contributed by atoms with Crippen LogP contribution in [0.1, 0.15) is 27.7 Å². The van der Waals surface area contributed by atoms with Crippen molar-refractivity contribution in [1.82, 2.24) is 15.4 Å². The predicted octanol–water partition coefficient (Wildman–Crippen LogP) is 0.959. The van der Waals surface area contributed by atoms with Crippen molar-refractivity contribution in [2.24, 2.45) is 0 Å². The zero-order chi connectivity index (χ0) is 8.15. The molecule has 0 saturated heterocycles. The molecule has 0 unspecified atom stereocenters. The lowest BCUT2D eigenvalue weighted by molar-refractivity contribution is 0.218. The van der Waals surface area contributed by atoms with Gasteiger partial charge in [-0.15, -0.1) is 4.52 Å². The standard InChI is InChI=1S/C6H17N3S/c1-5(2)7-9(10)8-6(3)4/h5-8,10H,1-4H3. The molecule has 0 aliphatic carbocycles. The molecule has 0 fully saturated rings. The summed E-state index contributed by atoms with van der Waals surface area (Å²) in [6, 6.07) is 0.812. The Morgan fingerprint density at radius 3 is 1.50 bits per heavy atom. The zero-order valence-corrected chi connectivity index (χ0v) is 7.94. The molecule has 0 amide bonds. The highest BCUT2D eigenvalue weighted by Gasteiger charge is 2.00. The summed E-state index contributed by atoms with van der Waals surface area (Å²) in [4.78, 5) is 0. The van der Waals surface area contributed by atoms with Crippen LogP contribution in [0.3, 0.4) is 0 Å². The van der Waals surface area contributed by atoms with Crippen LogP contribution < -0.4 is 10.9 Å². The lowest BCUT2D eigenvalue weighted by Gasteiger charge is -2.22. The van der Waals surface area contributed by atoms with E-state index in [2.05, 4.69) is 51.4 Å². The zero-order valence-electron chi connectivity index (χ0n) is 7.05. The quantitative estimate of drug-likeness (QED) is 0.426. The van der Waals surface area contributed by atoms with Crippen LogP contribution in [0.4, 0.5) is 0 Å². The van der Waals surface area contributed by atoms with E-state index in [-0.39, 0.29) is 0 Å². The van der Waals surface area contributed by atoms with Crippen LogP contribution in [-0.2, 0) is 0 Å². The van der Waals surface area contributed by atoms with Crippen LogP contribution in [-0.4, -0.2) is 16.6 Å². The van der Waals surface area contributed by atoms with E-state index in [1.54, 1.807) is 4.52 Å². The molecule has 0 aromatic rings. The predicted molar refractivity (Wildman–Crippen MR) is 47.4 cm³/mol. The largest absolute Gasteiger partial charge is 0.229 e. The highest BCUT2D eigenvalue weighted by molar-refractivity contribution is 7.77. The van der Waals surface area contributed by atoms with Gasteiger partial charge in [0.2, 0.25) is 0 Å². The fraction of sp³-hybridized carbons (Fsp3) is 1.00. The summed E-state index contributed by atoms with van der Waals surface area (Å²) in [5, 5.41) is 0. The molecule has 0 bridgehead atoms. The Labute approximate surface area is 68.7 Å². The Bertz CT molecular complexity index is 75.1. The van der Waals surface area contributed by atoms with Crippen LogP contribution in [0.15, 0.2) is 0 Å². The van der Waals surface area contributed by atoms with Gasteiger partial charge in [-0.25, -0.2) is 10.9 Å². The number of nitrogens with zero attached hydrogens (tertiary/aromatic N) is 1. The fourth-order valence-corrected chi connectivity index (χ4v) is 0.988. The fourth-order valence-electron chi connectivity index (χ4n) is 0.526. The third-order valence-electron chi connectivity index (χ3n) is 0.761. The first kappa shape index (κ1) is 10.2. The Hall–Kier alpha value is 0.230. The second kappa shape index (κ2) is 4.96. The number of hydrogen-bond acceptors (Lipinski definition) is 4. The van der Waals surface area contributed by atoms with Crippen molar-refractivity contribution in [2.75, 3.05) is 0 Å². The molecule has 0 aliphatic heterocycles. The van der Waals surface area contributed by atoms with Gasteiger partial charge in [-0.1, -0.05) is 12.8 Å². The molecular formula is C6H17N3S. The topological polar surface area (TPSA) is 27.3 Å². The maximum absolute atomic E-state index is 4.12. The third kappa shape index (κ3) is 6.35. The smallest absolute Gasteiger partial charge is 0.0181 e. The molecule has 0 rings (SSSR count). The molecule has 0 spiro atoms. The van der Waals surface area contributed by atoms with Gasteiger partial charge < -0.3 is 0 Å². The number of rotatable bonds is 4. The van der Waals surface area contributed by atoms with Crippen molar-refractivity contribution in [3.05, 3.63) is 0 Å². The summed E-state index contributed by atoms with van der Waals surface area (Å²) in [7, 11) is 0. The number of nitrogens with one attached hydrogen (secondary N) is 2. The normalized spacial score (nSPS) is 12.0. The second-order valence-electron chi connectivity index (χ2n) is 2.88. The van der Waals surface area contributed by atoms with Crippen LogP contribution in [0.2, 0.25) is 0 Å². The lowest BCUT2D eigenvalue weighted by atomic mass is 10.4. The monoisotopic (exact) mass is 163 g/mol. The van der Waals surface area contributed by atoms with Gasteiger partial charge in [0.15, 0.2) is 0 Å². The summed E-state index contributed by atoms with van der Waals surface area (Å²) in [5.74, 6) is 0. The first-order valence-electron chi connectivity index (χ1n) is 3.53. The van der Waals surface area contributed by atoms with E-state index >= 15 is 0 Å². The van der Waals surface area contributed by atoms with E-state index in [0.717, 1.165) is 0 Å². The van der Waals surface area contributed by atoms with Gasteiger partial charge in [0.1, 0.15) is 0 Å². The minimum atomic E-state index is 0.406. The van der Waals surface area contributed by atoms with E-state index in [9.17, 15) is 0 Å². The van der Waals surface area contributed by atoms with Gasteiger partial charge in [0, 0.05) is 12.1 Å². The first-order valence-corrected chi connectivity index (χ1v) is 3.93. The molecule has 0 radical (unpaired) electrons. The molecule has 0 heterocycles. The van der Waals surface area contributed by atoms with Crippen LogP contribution in [0, 0.1) is 0 Å². The molecule has 0 atom stereocenters. The molecule has 4 heteroatoms. The second-order valence-corrected chi connectivity index (χ2v) is 3.28. The summed E-state index contributed by atoms with van der Waals surface area (Å²) in [5.41, 5.74) is 6.12. The van der Waals surface area contributed by atoms with E-state index in [0.29, 0.717) is 12.1 Å². The summed E-state index contributed by atoms with van der Waals surface area (Å²) < 4.78 is 1.59. The van der Waals surface area contributed by atoms with E-state index in [1.807, 2.05) is 0 Å². The van der Waals surface area contributed by atoms with Crippen LogP contribution >= 0.6 is 12.8 Å². The third-order valence-corrected chi connectivity index (χ3v) is 0.992. The molecular weight excluding hydrogens is 146 g/mol. The van der Waals surface area contributed by atoms with Gasteiger partial charge in [-0.2, -0.15) is 0 Å². The van der Waals surface area contributed by atoms with Gasteiger partial charge in [0.25, 0.3) is 0 Å². The molecule has 3 nitrogen and oxygen atoms in total. The van der Waals surface area contributed by atoms with Crippen LogP contribution in [0.5, 0.6) is 0 Å². The van der Waals surface area contributed by atoms with Gasteiger partial charge in [0.05, 0.1) is 0 Å². The van der Waals surface area contributed by atoms with Crippen molar-refractivity contribution < 1.29 is 0 Å². The van der Waals surface area contributed by atoms with Crippen molar-refractivity contribution >= 4 is 12.8 Å². The van der Waals surface area contributed by atoms with Crippen LogP contribution in [0.25, 0.3) is 0 Å². The molecule has 2 N–H and O–H groups in total. The van der Waals surface area contributed by atoms with E-state index in [4.69, 9.17) is 0 Å². The molecule has 62 valence electrons. The minimum Gasteiger partial charge on any atom is -0.229 e.